The fraction of sp³-hybridized carbons (Fsp3) is 0.300. The van der Waals surface area contributed by atoms with Crippen LogP contribution in [-0.4, -0.2) is 33.3 Å². The highest BCUT2D eigenvalue weighted by Crippen LogP contribution is 2.28. The second-order valence-electron chi connectivity index (χ2n) is 5.47. The number of methoxy groups -OCH3 is 2. The number of nitriles is 1. The van der Waals surface area contributed by atoms with Gasteiger partial charge >= 0.3 is 0 Å². The number of nitrogens with one attached hydrogen (secondary N) is 1. The molecule has 142 valence electrons. The van der Waals surface area contributed by atoms with E-state index in [4.69, 9.17) is 24.2 Å². The van der Waals surface area contributed by atoms with Gasteiger partial charge in [-0.15, -0.1) is 0 Å². The van der Waals surface area contributed by atoms with Crippen molar-refractivity contribution in [3.05, 3.63) is 48.0 Å². The topological polar surface area (TPSA) is 89.8 Å². The van der Waals surface area contributed by atoms with Crippen LogP contribution >= 0.6 is 0 Å². The van der Waals surface area contributed by atoms with Crippen molar-refractivity contribution in [2.75, 3.05) is 27.4 Å². The highest BCUT2D eigenvalue weighted by Gasteiger charge is 2.07. The van der Waals surface area contributed by atoms with Gasteiger partial charge in [-0.1, -0.05) is 6.07 Å². The summed E-state index contributed by atoms with van der Waals surface area (Å²) >= 11 is 0. The lowest BCUT2D eigenvalue weighted by Crippen LogP contribution is -2.21. The van der Waals surface area contributed by atoms with Crippen LogP contribution in [0.1, 0.15) is 12.0 Å². The molecule has 0 saturated carbocycles. The number of ether oxygens (including phenoxy) is 4. The molecule has 0 aromatic heterocycles. The van der Waals surface area contributed by atoms with Gasteiger partial charge in [0.25, 0.3) is 0 Å². The summed E-state index contributed by atoms with van der Waals surface area (Å²) < 4.78 is 21.8. The Hall–Kier alpha value is -3.40. The van der Waals surface area contributed by atoms with Gasteiger partial charge in [-0.2, -0.15) is 5.26 Å². The Morgan fingerprint density at radius 1 is 0.963 bits per heavy atom. The summed E-state index contributed by atoms with van der Waals surface area (Å²) in [5.41, 5.74) is 0.841. The minimum absolute atomic E-state index is 0.164. The van der Waals surface area contributed by atoms with Gasteiger partial charge in [-0.05, 0) is 42.0 Å². The maximum Gasteiger partial charge on any atom is 0.234 e. The van der Waals surface area contributed by atoms with Crippen molar-refractivity contribution in [1.29, 1.82) is 5.26 Å². The van der Waals surface area contributed by atoms with Crippen molar-refractivity contribution in [2.45, 2.75) is 13.0 Å². The summed E-state index contributed by atoms with van der Waals surface area (Å²) in [6, 6.07) is 14.5. The second kappa shape index (κ2) is 10.6. The van der Waals surface area contributed by atoms with Crippen molar-refractivity contribution >= 4 is 5.91 Å². The number of hydrogen-bond donors (Lipinski definition) is 1. The first-order chi connectivity index (χ1) is 13.2. The lowest BCUT2D eigenvalue weighted by molar-refractivity contribution is -0.120. The van der Waals surface area contributed by atoms with Gasteiger partial charge < -0.3 is 24.3 Å². The van der Waals surface area contributed by atoms with E-state index in [2.05, 4.69) is 5.32 Å². The predicted molar refractivity (Wildman–Crippen MR) is 99.1 cm³/mol. The Bertz CT molecular complexity index is 784. The van der Waals surface area contributed by atoms with Gasteiger partial charge in [0.15, 0.2) is 11.5 Å². The number of rotatable bonds is 10. The van der Waals surface area contributed by atoms with Crippen molar-refractivity contribution in [3.8, 4) is 29.1 Å². The highest BCUT2D eigenvalue weighted by atomic mass is 16.5. The third-order valence-corrected chi connectivity index (χ3v) is 3.63. The van der Waals surface area contributed by atoms with E-state index in [1.165, 1.54) is 0 Å². The number of carbonyl (C=O) groups is 1. The van der Waals surface area contributed by atoms with Crippen molar-refractivity contribution < 1.29 is 23.7 Å². The lowest BCUT2D eigenvalue weighted by Gasteiger charge is -2.13. The molecule has 2 aromatic carbocycles. The van der Waals surface area contributed by atoms with Crippen LogP contribution in [0.15, 0.2) is 42.5 Å². The van der Waals surface area contributed by atoms with Crippen LogP contribution in [0.3, 0.4) is 0 Å². The molecule has 1 N–H and O–H groups in total. The molecule has 1 amide bonds. The van der Waals surface area contributed by atoms with E-state index < -0.39 is 0 Å². The summed E-state index contributed by atoms with van der Waals surface area (Å²) in [6.45, 7) is 0.995. The number of hydrogen-bond acceptors (Lipinski definition) is 6. The SMILES string of the molecule is COc1ccc(OCCOc2cc(CNC(=O)CC#N)ccc2OC)cc1. The number of carbonyl (C=O) groups excluding carboxylic acids is 1. The molecule has 27 heavy (non-hydrogen) atoms. The van der Waals surface area contributed by atoms with Gasteiger partial charge in [0.05, 0.1) is 20.3 Å². The third kappa shape index (κ3) is 6.44. The van der Waals surface area contributed by atoms with Gasteiger partial charge in [0.1, 0.15) is 31.1 Å². The molecule has 0 saturated heterocycles. The Kier molecular flexibility index (Phi) is 7.79. The van der Waals surface area contributed by atoms with Crippen molar-refractivity contribution in [2.24, 2.45) is 0 Å². The molecule has 0 aliphatic heterocycles. The third-order valence-electron chi connectivity index (χ3n) is 3.63. The van der Waals surface area contributed by atoms with Gasteiger partial charge in [0.2, 0.25) is 5.91 Å². The van der Waals surface area contributed by atoms with E-state index >= 15 is 0 Å². The average Bonchev–Trinajstić information content (AvgIpc) is 2.70. The Labute approximate surface area is 158 Å². The molecular formula is C20H22N2O5. The summed E-state index contributed by atoms with van der Waals surface area (Å²) in [6.07, 6.45) is -0.164. The first-order valence-corrected chi connectivity index (χ1v) is 8.36. The van der Waals surface area contributed by atoms with Crippen molar-refractivity contribution in [3.63, 3.8) is 0 Å². The Morgan fingerprint density at radius 3 is 2.33 bits per heavy atom. The molecule has 0 aliphatic carbocycles. The normalized spacial score (nSPS) is 9.81. The van der Waals surface area contributed by atoms with Crippen LogP contribution in [0, 0.1) is 11.3 Å². The van der Waals surface area contributed by atoms with E-state index in [0.717, 1.165) is 17.1 Å². The van der Waals surface area contributed by atoms with E-state index in [0.29, 0.717) is 31.3 Å². The lowest BCUT2D eigenvalue weighted by atomic mass is 10.2. The maximum absolute atomic E-state index is 11.4. The van der Waals surface area contributed by atoms with Crippen molar-refractivity contribution in [1.82, 2.24) is 5.32 Å². The van der Waals surface area contributed by atoms with E-state index in [9.17, 15) is 4.79 Å². The molecule has 0 atom stereocenters. The first kappa shape index (κ1) is 19.9. The van der Waals surface area contributed by atoms with Gasteiger partial charge in [-0.3, -0.25) is 4.79 Å². The van der Waals surface area contributed by atoms with Crippen LogP contribution in [-0.2, 0) is 11.3 Å². The van der Waals surface area contributed by atoms with Crippen LogP contribution in [0.5, 0.6) is 23.0 Å². The van der Waals surface area contributed by atoms with Gasteiger partial charge in [0, 0.05) is 6.54 Å². The maximum atomic E-state index is 11.4. The van der Waals surface area contributed by atoms with Crippen LogP contribution < -0.4 is 24.3 Å². The molecule has 0 radical (unpaired) electrons. The molecule has 0 aliphatic rings. The molecule has 0 heterocycles. The van der Waals surface area contributed by atoms with Crippen LogP contribution in [0.2, 0.25) is 0 Å². The summed E-state index contributed by atoms with van der Waals surface area (Å²) in [5, 5.41) is 11.2. The molecule has 0 fully saturated rings. The Morgan fingerprint density at radius 2 is 1.67 bits per heavy atom. The molecule has 2 aromatic rings. The zero-order valence-corrected chi connectivity index (χ0v) is 15.4. The van der Waals surface area contributed by atoms with Crippen LogP contribution in [0.4, 0.5) is 0 Å². The molecular weight excluding hydrogens is 348 g/mol. The number of nitrogens with zero attached hydrogens (tertiary/aromatic N) is 1. The molecule has 0 bridgehead atoms. The monoisotopic (exact) mass is 370 g/mol. The number of benzene rings is 2. The second-order valence-corrected chi connectivity index (χ2v) is 5.47. The molecule has 2 rings (SSSR count). The molecule has 0 spiro atoms. The number of amides is 1. The average molecular weight is 370 g/mol. The predicted octanol–water partition coefficient (Wildman–Crippen LogP) is 2.69. The minimum atomic E-state index is -0.316. The minimum Gasteiger partial charge on any atom is -0.497 e. The summed E-state index contributed by atoms with van der Waals surface area (Å²) in [4.78, 5) is 11.4. The fourth-order valence-electron chi connectivity index (χ4n) is 2.26. The van der Waals surface area contributed by atoms with Gasteiger partial charge in [-0.25, -0.2) is 0 Å². The summed E-state index contributed by atoms with van der Waals surface area (Å²) in [5.74, 6) is 2.32. The zero-order valence-electron chi connectivity index (χ0n) is 15.4. The fourth-order valence-corrected chi connectivity index (χ4v) is 2.26. The highest BCUT2D eigenvalue weighted by molar-refractivity contribution is 5.77. The smallest absolute Gasteiger partial charge is 0.234 e. The molecule has 0 unspecified atom stereocenters. The molecule has 7 nitrogen and oxygen atoms in total. The first-order valence-electron chi connectivity index (χ1n) is 8.36. The van der Waals surface area contributed by atoms with E-state index in [-0.39, 0.29) is 12.3 Å². The quantitative estimate of drug-likeness (QED) is 0.647. The Balaban J connectivity index is 1.86. The molecule has 7 heteroatoms. The zero-order chi connectivity index (χ0) is 19.5. The van der Waals surface area contributed by atoms with E-state index in [1.807, 2.05) is 36.4 Å². The summed E-state index contributed by atoms with van der Waals surface area (Å²) in [7, 11) is 3.17. The standard InChI is InChI=1S/C20H22N2O5/c1-24-16-4-6-17(7-5-16)26-11-12-27-19-13-15(3-8-18(19)25-2)14-22-20(23)9-10-21/h3-8,13H,9,11-12,14H2,1-2H3,(H,22,23). The largest absolute Gasteiger partial charge is 0.497 e. The van der Waals surface area contributed by atoms with E-state index in [1.54, 1.807) is 26.4 Å². The van der Waals surface area contributed by atoms with Crippen LogP contribution in [0.25, 0.3) is 0 Å².